The van der Waals surface area contributed by atoms with Crippen LogP contribution >= 0.6 is 0 Å². The zero-order chi connectivity index (χ0) is 21.2. The summed E-state index contributed by atoms with van der Waals surface area (Å²) in [6, 6.07) is 10.3. The molecule has 1 fully saturated rings. The monoisotopic (exact) mass is 433 g/mol. The number of benzene rings is 1. The van der Waals surface area contributed by atoms with E-state index in [1.54, 1.807) is 49.7 Å². The smallest absolute Gasteiger partial charge is 0.270 e. The number of carbonyl (C=O) groups excluding carboxylic acids is 1. The normalized spacial score (nSPS) is 20.8. The maximum absolute atomic E-state index is 13.4. The number of nitrogens with zero attached hydrogens (tertiary/aromatic N) is 2. The van der Waals surface area contributed by atoms with Crippen LogP contribution in [0.4, 0.5) is 0 Å². The molecule has 162 valence electrons. The van der Waals surface area contributed by atoms with Gasteiger partial charge in [0.05, 0.1) is 13.2 Å². The van der Waals surface area contributed by atoms with Gasteiger partial charge in [-0.05, 0) is 37.1 Å². The molecule has 1 saturated heterocycles. The number of aromatic amines is 1. The van der Waals surface area contributed by atoms with Gasteiger partial charge in [0.15, 0.2) is 0 Å². The summed E-state index contributed by atoms with van der Waals surface area (Å²) >= 11 is 0. The minimum absolute atomic E-state index is 0.0316. The number of amides is 1. The quantitative estimate of drug-likeness (QED) is 0.796. The second-order valence-electron chi connectivity index (χ2n) is 7.94. The topological polar surface area (TPSA) is 91.9 Å². The van der Waals surface area contributed by atoms with E-state index in [4.69, 9.17) is 9.47 Å². The molecule has 8 nitrogen and oxygen atoms in total. The summed E-state index contributed by atoms with van der Waals surface area (Å²) in [5, 5.41) is 0. The van der Waals surface area contributed by atoms with Gasteiger partial charge in [-0.25, -0.2) is 8.42 Å². The summed E-state index contributed by atoms with van der Waals surface area (Å²) in [5.74, 6) is 0.347. The predicted molar refractivity (Wildman–Crippen MR) is 111 cm³/mol. The summed E-state index contributed by atoms with van der Waals surface area (Å²) in [6.07, 6.45) is 3.07. The lowest BCUT2D eigenvalue weighted by Crippen LogP contribution is -2.53. The predicted octanol–water partition coefficient (Wildman–Crippen LogP) is 1.97. The molecule has 1 aromatic carbocycles. The molecular weight excluding hydrogens is 406 g/mol. The van der Waals surface area contributed by atoms with Gasteiger partial charge >= 0.3 is 0 Å². The third-order valence-corrected chi connectivity index (χ3v) is 7.88. The van der Waals surface area contributed by atoms with Crippen LogP contribution in [-0.4, -0.2) is 75.0 Å². The van der Waals surface area contributed by atoms with Crippen molar-refractivity contribution in [2.24, 2.45) is 5.41 Å². The van der Waals surface area contributed by atoms with Gasteiger partial charge in [-0.2, -0.15) is 4.31 Å². The zero-order valence-corrected chi connectivity index (χ0v) is 17.9. The summed E-state index contributed by atoms with van der Waals surface area (Å²) < 4.78 is 39.4. The highest BCUT2D eigenvalue weighted by Crippen LogP contribution is 2.39. The maximum atomic E-state index is 13.4. The number of likely N-dealkylation sites (tertiary alicyclic amines) is 1. The average molecular weight is 434 g/mol. The van der Waals surface area contributed by atoms with Gasteiger partial charge in [0, 0.05) is 44.9 Å². The Labute approximate surface area is 176 Å². The molecule has 1 amide bonds. The number of methoxy groups -OCH3 is 1. The Morgan fingerprint density at radius 3 is 2.67 bits per heavy atom. The molecule has 3 heterocycles. The molecule has 0 atom stereocenters. The van der Waals surface area contributed by atoms with E-state index in [0.29, 0.717) is 57.1 Å². The number of hydrogen-bond acceptors (Lipinski definition) is 5. The van der Waals surface area contributed by atoms with Crippen molar-refractivity contribution in [2.75, 3.05) is 46.5 Å². The van der Waals surface area contributed by atoms with E-state index in [-0.39, 0.29) is 22.8 Å². The van der Waals surface area contributed by atoms with Gasteiger partial charge in [-0.15, -0.1) is 0 Å². The minimum atomic E-state index is -3.71. The minimum Gasteiger partial charge on any atom is -0.492 e. The highest BCUT2D eigenvalue weighted by Gasteiger charge is 2.43. The van der Waals surface area contributed by atoms with Crippen molar-refractivity contribution in [2.45, 2.75) is 17.7 Å². The highest BCUT2D eigenvalue weighted by atomic mass is 32.2. The molecule has 1 aromatic heterocycles. The van der Waals surface area contributed by atoms with Crippen molar-refractivity contribution in [1.29, 1.82) is 0 Å². The molecule has 2 aliphatic heterocycles. The number of hydrogen-bond donors (Lipinski definition) is 1. The van der Waals surface area contributed by atoms with Crippen LogP contribution in [0.2, 0.25) is 0 Å². The summed E-state index contributed by atoms with van der Waals surface area (Å²) in [4.78, 5) is 17.6. The van der Waals surface area contributed by atoms with Crippen molar-refractivity contribution < 1.29 is 22.7 Å². The molecule has 2 aromatic rings. The fourth-order valence-corrected chi connectivity index (χ4v) is 5.84. The lowest BCUT2D eigenvalue weighted by molar-refractivity contribution is 0.0273. The molecule has 0 saturated carbocycles. The van der Waals surface area contributed by atoms with Crippen molar-refractivity contribution in [1.82, 2.24) is 14.2 Å². The van der Waals surface area contributed by atoms with Gasteiger partial charge in [0.25, 0.3) is 5.91 Å². The number of H-pyrrole nitrogens is 1. The van der Waals surface area contributed by atoms with E-state index in [2.05, 4.69) is 4.98 Å². The lowest BCUT2D eigenvalue weighted by atomic mass is 9.78. The molecule has 0 aliphatic carbocycles. The Morgan fingerprint density at radius 2 is 1.97 bits per heavy atom. The number of ether oxygens (including phenoxy) is 2. The largest absolute Gasteiger partial charge is 0.492 e. The van der Waals surface area contributed by atoms with Gasteiger partial charge in [-0.3, -0.25) is 4.79 Å². The summed E-state index contributed by atoms with van der Waals surface area (Å²) in [7, 11) is -2.15. The third kappa shape index (κ3) is 3.97. The molecule has 0 radical (unpaired) electrons. The fraction of sp³-hybridized carbons (Fsp3) is 0.476. The fourth-order valence-electron chi connectivity index (χ4n) is 4.17. The Morgan fingerprint density at radius 1 is 1.20 bits per heavy atom. The Bertz CT molecular complexity index is 982. The molecular formula is C21H27N3O5S. The molecule has 0 unspecified atom stereocenters. The molecule has 30 heavy (non-hydrogen) atoms. The van der Waals surface area contributed by atoms with Crippen LogP contribution in [0.15, 0.2) is 47.5 Å². The number of aromatic nitrogens is 1. The van der Waals surface area contributed by atoms with Crippen molar-refractivity contribution in [3.8, 4) is 5.75 Å². The first-order valence-corrected chi connectivity index (χ1v) is 11.5. The van der Waals surface area contributed by atoms with Crippen molar-refractivity contribution >= 4 is 15.9 Å². The maximum Gasteiger partial charge on any atom is 0.270 e. The molecule has 1 spiro atoms. The molecule has 1 N–H and O–H groups in total. The summed E-state index contributed by atoms with van der Waals surface area (Å²) in [5.41, 5.74) is 0.207. The van der Waals surface area contributed by atoms with E-state index in [9.17, 15) is 13.2 Å². The van der Waals surface area contributed by atoms with E-state index < -0.39 is 10.0 Å². The van der Waals surface area contributed by atoms with Crippen molar-refractivity contribution in [3.05, 3.63) is 48.3 Å². The van der Waals surface area contributed by atoms with E-state index in [1.165, 1.54) is 4.31 Å². The van der Waals surface area contributed by atoms with E-state index in [1.807, 2.05) is 4.90 Å². The second-order valence-corrected chi connectivity index (χ2v) is 9.85. The van der Waals surface area contributed by atoms with Crippen molar-refractivity contribution in [3.63, 3.8) is 0 Å². The molecule has 9 heteroatoms. The summed E-state index contributed by atoms with van der Waals surface area (Å²) in [6.45, 7) is 2.46. The average Bonchev–Trinajstić information content (AvgIpc) is 3.30. The van der Waals surface area contributed by atoms with Crippen LogP contribution in [0.25, 0.3) is 0 Å². The van der Waals surface area contributed by atoms with E-state index in [0.717, 1.165) is 0 Å². The number of rotatable bonds is 4. The van der Waals surface area contributed by atoms with Crippen LogP contribution < -0.4 is 4.74 Å². The zero-order valence-electron chi connectivity index (χ0n) is 17.0. The number of para-hydroxylation sites is 1. The molecule has 4 rings (SSSR count). The molecule has 0 bridgehead atoms. The number of sulfonamides is 1. The molecule has 2 aliphatic rings. The van der Waals surface area contributed by atoms with Gasteiger partial charge in [-0.1, -0.05) is 12.1 Å². The van der Waals surface area contributed by atoms with E-state index >= 15 is 0 Å². The Hall–Kier alpha value is -2.36. The van der Waals surface area contributed by atoms with Crippen LogP contribution in [0.3, 0.4) is 0 Å². The first-order chi connectivity index (χ1) is 14.5. The Kier molecular flexibility index (Phi) is 5.86. The number of piperidine rings is 1. The second kappa shape index (κ2) is 8.41. The SMILES string of the molecule is COCCN1CC2(CCN(C(=O)c3ccc[nH]3)CC2)COc2ccccc2S1(=O)=O. The standard InChI is InChI=1S/C21H27N3O5S/c1-28-14-13-24-15-21(16-29-18-6-2-3-7-19(18)30(24,26)27)8-11-23(12-9-21)20(25)17-5-4-10-22-17/h2-7,10,22H,8-9,11-16H2,1H3. The number of fused-ring (bicyclic) bond motifs is 1. The van der Waals surface area contributed by atoms with Crippen LogP contribution in [0, 0.1) is 5.41 Å². The van der Waals surface area contributed by atoms with Crippen LogP contribution in [-0.2, 0) is 14.8 Å². The first-order valence-electron chi connectivity index (χ1n) is 10.1. The number of carbonyl (C=O) groups is 1. The van der Waals surface area contributed by atoms with Gasteiger partial charge in [0.2, 0.25) is 10.0 Å². The van der Waals surface area contributed by atoms with Gasteiger partial charge < -0.3 is 19.4 Å². The lowest BCUT2D eigenvalue weighted by Gasteiger charge is -2.44. The Balaban J connectivity index is 1.58. The van der Waals surface area contributed by atoms with Crippen LogP contribution in [0.1, 0.15) is 23.3 Å². The number of nitrogens with one attached hydrogen (secondary N) is 1. The third-order valence-electron chi connectivity index (χ3n) is 6.00. The van der Waals surface area contributed by atoms with Crippen LogP contribution in [0.5, 0.6) is 5.75 Å². The highest BCUT2D eigenvalue weighted by molar-refractivity contribution is 7.89. The first kappa shape index (κ1) is 20.9. The van der Waals surface area contributed by atoms with Gasteiger partial charge in [0.1, 0.15) is 16.3 Å².